The largest absolute Gasteiger partial charge is 0.325 e. The number of urea groups is 1. The molecule has 1 aliphatic heterocycles. The summed E-state index contributed by atoms with van der Waals surface area (Å²) in [6, 6.07) is 22.0. The molecule has 1 aliphatic rings. The number of halogens is 1. The van der Waals surface area contributed by atoms with Crippen LogP contribution in [0.15, 0.2) is 78.9 Å². The molecule has 1 aromatic heterocycles. The zero-order chi connectivity index (χ0) is 23.0. The molecule has 4 aromatic rings. The SMILES string of the molecule is Cc1ccc(F)c(-n2nnnc2CN2C(=O)NC(c3ccccc3)(c3ccccc3)C2=O)c1. The number of nitrogens with zero attached hydrogens (tertiary/aromatic N) is 5. The number of rotatable bonds is 5. The van der Waals surface area contributed by atoms with Crippen LogP contribution in [0.3, 0.4) is 0 Å². The van der Waals surface area contributed by atoms with Gasteiger partial charge in [0.1, 0.15) is 11.5 Å². The Morgan fingerprint density at radius 1 is 0.939 bits per heavy atom. The van der Waals surface area contributed by atoms with E-state index in [2.05, 4.69) is 20.8 Å². The van der Waals surface area contributed by atoms with Gasteiger partial charge >= 0.3 is 6.03 Å². The number of hydrogen-bond acceptors (Lipinski definition) is 5. The molecule has 33 heavy (non-hydrogen) atoms. The van der Waals surface area contributed by atoms with Crippen molar-refractivity contribution in [1.29, 1.82) is 0 Å². The molecule has 3 amide bonds. The number of nitrogens with one attached hydrogen (secondary N) is 1. The highest BCUT2D eigenvalue weighted by Gasteiger charge is 2.53. The quantitative estimate of drug-likeness (QED) is 0.480. The summed E-state index contributed by atoms with van der Waals surface area (Å²) < 4.78 is 15.7. The lowest BCUT2D eigenvalue weighted by molar-refractivity contribution is -0.130. The third-order valence-corrected chi connectivity index (χ3v) is 5.68. The van der Waals surface area contributed by atoms with Crippen molar-refractivity contribution in [1.82, 2.24) is 30.4 Å². The van der Waals surface area contributed by atoms with Gasteiger partial charge in [0.25, 0.3) is 5.91 Å². The first-order valence-corrected chi connectivity index (χ1v) is 10.3. The fourth-order valence-electron chi connectivity index (χ4n) is 4.07. The molecule has 9 heteroatoms. The molecule has 0 atom stereocenters. The van der Waals surface area contributed by atoms with Crippen LogP contribution in [0.25, 0.3) is 5.69 Å². The van der Waals surface area contributed by atoms with Crippen LogP contribution in [0, 0.1) is 12.7 Å². The van der Waals surface area contributed by atoms with Crippen LogP contribution >= 0.6 is 0 Å². The number of amides is 3. The highest BCUT2D eigenvalue weighted by Crippen LogP contribution is 2.36. The fourth-order valence-corrected chi connectivity index (χ4v) is 4.07. The predicted octanol–water partition coefficient (Wildman–Crippen LogP) is 3.11. The minimum atomic E-state index is -1.40. The minimum Gasteiger partial charge on any atom is -0.315 e. The number of imide groups is 1. The summed E-state index contributed by atoms with van der Waals surface area (Å²) >= 11 is 0. The number of benzene rings is 3. The van der Waals surface area contributed by atoms with E-state index in [0.717, 1.165) is 10.5 Å². The lowest BCUT2D eigenvalue weighted by atomic mass is 9.82. The van der Waals surface area contributed by atoms with Gasteiger partial charge < -0.3 is 5.32 Å². The van der Waals surface area contributed by atoms with Gasteiger partial charge in [0.05, 0.1) is 6.54 Å². The van der Waals surface area contributed by atoms with Crippen molar-refractivity contribution in [3.8, 4) is 5.69 Å². The molecule has 0 bridgehead atoms. The number of tetrazole rings is 1. The lowest BCUT2D eigenvalue weighted by Gasteiger charge is -2.28. The molecule has 0 radical (unpaired) electrons. The summed E-state index contributed by atoms with van der Waals surface area (Å²) in [5, 5.41) is 14.3. The summed E-state index contributed by atoms with van der Waals surface area (Å²) in [4.78, 5) is 28.0. The highest BCUT2D eigenvalue weighted by atomic mass is 19.1. The molecule has 1 N–H and O–H groups in total. The van der Waals surface area contributed by atoms with Crippen molar-refractivity contribution >= 4 is 11.9 Å². The summed E-state index contributed by atoms with van der Waals surface area (Å²) in [6.45, 7) is 1.59. The molecule has 8 nitrogen and oxygen atoms in total. The maximum absolute atomic E-state index is 14.5. The first-order chi connectivity index (χ1) is 16.0. The number of aryl methyl sites for hydroxylation is 1. The van der Waals surface area contributed by atoms with E-state index in [-0.39, 0.29) is 18.1 Å². The Labute approximate surface area is 188 Å². The van der Waals surface area contributed by atoms with Crippen LogP contribution in [-0.2, 0) is 16.9 Å². The normalized spacial score (nSPS) is 15.0. The number of aromatic nitrogens is 4. The summed E-state index contributed by atoms with van der Waals surface area (Å²) in [6.07, 6.45) is 0. The average Bonchev–Trinajstić information content (AvgIpc) is 3.40. The zero-order valence-corrected chi connectivity index (χ0v) is 17.6. The Morgan fingerprint density at radius 2 is 1.58 bits per heavy atom. The fraction of sp³-hybridized carbons (Fsp3) is 0.125. The van der Waals surface area contributed by atoms with Crippen LogP contribution in [0.1, 0.15) is 22.5 Å². The smallest absolute Gasteiger partial charge is 0.315 e. The summed E-state index contributed by atoms with van der Waals surface area (Å²) in [5.74, 6) is -0.835. The van der Waals surface area contributed by atoms with Gasteiger partial charge in [0, 0.05) is 0 Å². The molecule has 3 aromatic carbocycles. The first-order valence-electron chi connectivity index (χ1n) is 10.3. The number of carbonyl (C=O) groups is 2. The van der Waals surface area contributed by atoms with Crippen LogP contribution in [0.4, 0.5) is 9.18 Å². The van der Waals surface area contributed by atoms with Gasteiger partial charge in [-0.15, -0.1) is 5.10 Å². The second-order valence-corrected chi connectivity index (χ2v) is 7.77. The second-order valence-electron chi connectivity index (χ2n) is 7.77. The molecule has 0 aliphatic carbocycles. The van der Waals surface area contributed by atoms with Gasteiger partial charge in [-0.2, -0.15) is 4.68 Å². The van der Waals surface area contributed by atoms with E-state index in [1.165, 1.54) is 10.7 Å². The van der Waals surface area contributed by atoms with Crippen LogP contribution in [0.2, 0.25) is 0 Å². The van der Waals surface area contributed by atoms with Gasteiger partial charge in [0.15, 0.2) is 11.4 Å². The van der Waals surface area contributed by atoms with Crippen LogP contribution < -0.4 is 5.32 Å². The Hall–Kier alpha value is -4.40. The maximum Gasteiger partial charge on any atom is 0.325 e. The summed E-state index contributed by atoms with van der Waals surface area (Å²) in [7, 11) is 0. The van der Waals surface area contributed by atoms with Crippen molar-refractivity contribution < 1.29 is 14.0 Å². The average molecular weight is 442 g/mol. The van der Waals surface area contributed by atoms with Crippen LogP contribution in [-0.4, -0.2) is 37.0 Å². The van der Waals surface area contributed by atoms with Gasteiger partial charge in [-0.3, -0.25) is 9.69 Å². The number of hydrogen-bond donors (Lipinski definition) is 1. The van der Waals surface area contributed by atoms with Crippen molar-refractivity contribution in [2.75, 3.05) is 0 Å². The Balaban J connectivity index is 1.56. The molecule has 2 heterocycles. The molecule has 0 spiro atoms. The van der Waals surface area contributed by atoms with E-state index in [4.69, 9.17) is 0 Å². The third-order valence-electron chi connectivity index (χ3n) is 5.68. The molecule has 5 rings (SSSR count). The van der Waals surface area contributed by atoms with E-state index in [1.807, 2.05) is 43.3 Å². The molecule has 1 fully saturated rings. The lowest BCUT2D eigenvalue weighted by Crippen LogP contribution is -2.45. The molecule has 0 unspecified atom stereocenters. The molecule has 1 saturated heterocycles. The van der Waals surface area contributed by atoms with Gasteiger partial charge in [-0.1, -0.05) is 66.7 Å². The topological polar surface area (TPSA) is 93.0 Å². The van der Waals surface area contributed by atoms with Gasteiger partial charge in [0.2, 0.25) is 0 Å². The Bertz CT molecular complexity index is 1300. The van der Waals surface area contributed by atoms with E-state index in [0.29, 0.717) is 11.1 Å². The Kier molecular flexibility index (Phi) is 4.93. The van der Waals surface area contributed by atoms with Crippen molar-refractivity contribution in [2.24, 2.45) is 0 Å². The Morgan fingerprint density at radius 3 is 2.21 bits per heavy atom. The van der Waals surface area contributed by atoms with Gasteiger partial charge in [-0.25, -0.2) is 9.18 Å². The maximum atomic E-state index is 14.5. The molecule has 164 valence electrons. The zero-order valence-electron chi connectivity index (χ0n) is 17.6. The standard InChI is InChI=1S/C24H19FN6O2/c1-16-12-13-19(25)20(14-16)31-21(27-28-29-31)15-30-22(32)24(26-23(30)33,17-8-4-2-5-9-17)18-10-6-3-7-11-18/h2-14H,15H2,1H3,(H,26,33). The highest BCUT2D eigenvalue weighted by molar-refractivity contribution is 6.09. The van der Waals surface area contributed by atoms with Gasteiger partial charge in [-0.05, 0) is 46.2 Å². The summed E-state index contributed by atoms with van der Waals surface area (Å²) in [5.41, 5.74) is 0.809. The van der Waals surface area contributed by atoms with E-state index < -0.39 is 23.3 Å². The first kappa shape index (κ1) is 20.5. The molecule has 0 saturated carbocycles. The van der Waals surface area contributed by atoms with Crippen molar-refractivity contribution in [2.45, 2.75) is 19.0 Å². The monoisotopic (exact) mass is 442 g/mol. The van der Waals surface area contributed by atoms with E-state index in [1.54, 1.807) is 36.4 Å². The van der Waals surface area contributed by atoms with E-state index in [9.17, 15) is 14.0 Å². The van der Waals surface area contributed by atoms with Crippen LogP contribution in [0.5, 0.6) is 0 Å². The minimum absolute atomic E-state index is 0.138. The second kappa shape index (κ2) is 7.94. The van der Waals surface area contributed by atoms with E-state index >= 15 is 0 Å². The molecular weight excluding hydrogens is 423 g/mol. The van der Waals surface area contributed by atoms with Crippen molar-refractivity contribution in [3.63, 3.8) is 0 Å². The van der Waals surface area contributed by atoms with Crippen molar-refractivity contribution in [3.05, 3.63) is 107 Å². The predicted molar refractivity (Wildman–Crippen MR) is 117 cm³/mol. The third kappa shape index (κ3) is 3.34. The number of carbonyl (C=O) groups excluding carboxylic acids is 2. The molecular formula is C24H19FN6O2.